The number of hydrogen-bond donors (Lipinski definition) is 0. The van der Waals surface area contributed by atoms with Gasteiger partial charge in [0.2, 0.25) is 0 Å². The molecule has 1 saturated heterocycles. The molecule has 0 radical (unpaired) electrons. The summed E-state index contributed by atoms with van der Waals surface area (Å²) >= 11 is 0. The molecule has 0 amide bonds. The molecule has 5 aliphatic rings. The van der Waals surface area contributed by atoms with Gasteiger partial charge in [-0.3, -0.25) is 0 Å². The van der Waals surface area contributed by atoms with Gasteiger partial charge in [-0.05, 0) is 77.0 Å². The molecule has 4 aliphatic carbocycles. The summed E-state index contributed by atoms with van der Waals surface area (Å²) in [5.41, 5.74) is 0.332. The standard InChI is InChI=1S/C16H28NO2P/c1-15(2,3)17-4-5-18-20(17)19-16-9-12-6-13(10-16)8-14(7-12)11-16/h12-14H,4-11H2,1-3H3. The predicted molar refractivity (Wildman–Crippen MR) is 81.3 cm³/mol. The second-order valence-electron chi connectivity index (χ2n) is 8.56. The molecule has 0 aromatic rings. The average molecular weight is 297 g/mol. The van der Waals surface area contributed by atoms with E-state index in [1.807, 2.05) is 0 Å². The zero-order chi connectivity index (χ0) is 14.0. The van der Waals surface area contributed by atoms with Gasteiger partial charge in [0, 0.05) is 12.1 Å². The second kappa shape index (κ2) is 4.65. The third-order valence-electron chi connectivity index (χ3n) is 5.73. The van der Waals surface area contributed by atoms with Crippen molar-refractivity contribution in [3.63, 3.8) is 0 Å². The Morgan fingerprint density at radius 1 is 1.05 bits per heavy atom. The van der Waals surface area contributed by atoms with Gasteiger partial charge in [-0.15, -0.1) is 0 Å². The maximum atomic E-state index is 6.72. The molecule has 1 unspecified atom stereocenters. The topological polar surface area (TPSA) is 21.7 Å². The molecule has 4 heteroatoms. The molecular weight excluding hydrogens is 269 g/mol. The van der Waals surface area contributed by atoms with Gasteiger partial charge in [-0.25, -0.2) is 4.67 Å². The summed E-state index contributed by atoms with van der Waals surface area (Å²) in [6.45, 7) is 8.71. The molecule has 20 heavy (non-hydrogen) atoms. The Balaban J connectivity index is 1.51. The zero-order valence-corrected chi connectivity index (χ0v) is 14.0. The molecule has 1 heterocycles. The minimum atomic E-state index is -0.824. The van der Waals surface area contributed by atoms with Crippen molar-refractivity contribution < 1.29 is 9.05 Å². The third kappa shape index (κ3) is 2.35. The van der Waals surface area contributed by atoms with E-state index in [0.29, 0.717) is 0 Å². The van der Waals surface area contributed by atoms with Gasteiger partial charge in [0.25, 0.3) is 8.53 Å². The quantitative estimate of drug-likeness (QED) is 0.708. The first-order valence-electron chi connectivity index (χ1n) is 8.33. The van der Waals surface area contributed by atoms with E-state index in [1.165, 1.54) is 38.5 Å². The van der Waals surface area contributed by atoms with Crippen LogP contribution in [0.3, 0.4) is 0 Å². The van der Waals surface area contributed by atoms with Crippen molar-refractivity contribution in [1.82, 2.24) is 4.67 Å². The highest BCUT2D eigenvalue weighted by Gasteiger charge is 2.54. The van der Waals surface area contributed by atoms with Crippen molar-refractivity contribution in [2.24, 2.45) is 17.8 Å². The monoisotopic (exact) mass is 297 g/mol. The summed E-state index contributed by atoms with van der Waals surface area (Å²) in [6, 6.07) is 0. The van der Waals surface area contributed by atoms with E-state index in [1.54, 1.807) is 0 Å². The van der Waals surface area contributed by atoms with E-state index in [2.05, 4.69) is 25.4 Å². The second-order valence-corrected chi connectivity index (χ2v) is 9.96. The van der Waals surface area contributed by atoms with Gasteiger partial charge in [-0.2, -0.15) is 0 Å². The lowest BCUT2D eigenvalue weighted by Crippen LogP contribution is -2.52. The lowest BCUT2D eigenvalue weighted by atomic mass is 9.54. The summed E-state index contributed by atoms with van der Waals surface area (Å²) in [4.78, 5) is 0. The Labute approximate surface area is 124 Å². The van der Waals surface area contributed by atoms with Crippen LogP contribution in [0.15, 0.2) is 0 Å². The maximum Gasteiger partial charge on any atom is 0.259 e. The Morgan fingerprint density at radius 3 is 2.10 bits per heavy atom. The van der Waals surface area contributed by atoms with Gasteiger partial charge in [0.1, 0.15) is 0 Å². The van der Waals surface area contributed by atoms with E-state index in [-0.39, 0.29) is 11.1 Å². The largest absolute Gasteiger partial charge is 0.321 e. The lowest BCUT2D eigenvalue weighted by Gasteiger charge is -2.56. The highest BCUT2D eigenvalue weighted by molar-refractivity contribution is 7.45. The van der Waals surface area contributed by atoms with Crippen LogP contribution in [0.25, 0.3) is 0 Å². The summed E-state index contributed by atoms with van der Waals surface area (Å²) in [7, 11) is -0.824. The Hall–Kier alpha value is 0.310. The van der Waals surface area contributed by atoms with Crippen LogP contribution in [-0.4, -0.2) is 29.0 Å². The highest BCUT2D eigenvalue weighted by Crippen LogP contribution is 2.63. The van der Waals surface area contributed by atoms with Crippen molar-refractivity contribution in [1.29, 1.82) is 0 Å². The molecule has 4 bridgehead atoms. The smallest absolute Gasteiger partial charge is 0.259 e. The van der Waals surface area contributed by atoms with E-state index in [4.69, 9.17) is 9.05 Å². The van der Waals surface area contributed by atoms with Crippen molar-refractivity contribution in [3.8, 4) is 0 Å². The van der Waals surface area contributed by atoms with Gasteiger partial charge >= 0.3 is 0 Å². The first kappa shape index (κ1) is 13.9. The van der Waals surface area contributed by atoms with Gasteiger partial charge in [-0.1, -0.05) is 0 Å². The predicted octanol–water partition coefficient (Wildman–Crippen LogP) is 4.33. The number of rotatable bonds is 2. The van der Waals surface area contributed by atoms with Crippen LogP contribution in [0.1, 0.15) is 59.3 Å². The van der Waals surface area contributed by atoms with Crippen LogP contribution in [0, 0.1) is 17.8 Å². The molecule has 1 aliphatic heterocycles. The SMILES string of the molecule is CC(C)(C)N1CCOP1OC12CC3CC(CC(C3)C1)C2. The Kier molecular flexibility index (Phi) is 3.24. The van der Waals surface area contributed by atoms with E-state index < -0.39 is 8.53 Å². The van der Waals surface area contributed by atoms with Crippen LogP contribution in [0.5, 0.6) is 0 Å². The molecule has 0 aromatic carbocycles. The minimum Gasteiger partial charge on any atom is -0.321 e. The van der Waals surface area contributed by atoms with Crippen molar-refractivity contribution in [2.45, 2.75) is 70.4 Å². The number of nitrogens with zero attached hydrogens (tertiary/aromatic N) is 1. The summed E-state index contributed by atoms with van der Waals surface area (Å²) in [5.74, 6) is 2.84. The van der Waals surface area contributed by atoms with E-state index in [0.717, 1.165) is 30.9 Å². The average Bonchev–Trinajstić information content (AvgIpc) is 2.73. The molecular formula is C16H28NO2P. The van der Waals surface area contributed by atoms with Crippen LogP contribution in [-0.2, 0) is 9.05 Å². The van der Waals surface area contributed by atoms with Crippen LogP contribution in [0.2, 0.25) is 0 Å². The maximum absolute atomic E-state index is 6.72. The normalized spacial score (nSPS) is 48.1. The summed E-state index contributed by atoms with van der Waals surface area (Å²) < 4.78 is 15.2. The molecule has 1 atom stereocenters. The Morgan fingerprint density at radius 2 is 1.60 bits per heavy atom. The fraction of sp³-hybridized carbons (Fsp3) is 1.00. The zero-order valence-electron chi connectivity index (χ0n) is 13.1. The van der Waals surface area contributed by atoms with Gasteiger partial charge < -0.3 is 9.05 Å². The third-order valence-corrected chi connectivity index (χ3v) is 7.87. The van der Waals surface area contributed by atoms with Crippen molar-refractivity contribution in [3.05, 3.63) is 0 Å². The lowest BCUT2D eigenvalue weighted by molar-refractivity contribution is -0.110. The molecule has 4 saturated carbocycles. The number of hydrogen-bond acceptors (Lipinski definition) is 3. The van der Waals surface area contributed by atoms with Crippen LogP contribution < -0.4 is 0 Å². The van der Waals surface area contributed by atoms with Crippen LogP contribution in [0.4, 0.5) is 0 Å². The molecule has 3 nitrogen and oxygen atoms in total. The Bertz CT molecular complexity index is 357. The summed E-state index contributed by atoms with van der Waals surface area (Å²) in [5, 5.41) is 0. The van der Waals surface area contributed by atoms with Crippen molar-refractivity contribution >= 4 is 8.53 Å². The fourth-order valence-corrected chi connectivity index (χ4v) is 7.14. The highest BCUT2D eigenvalue weighted by atomic mass is 31.2. The molecule has 0 N–H and O–H groups in total. The fourth-order valence-electron chi connectivity index (χ4n) is 5.32. The molecule has 0 spiro atoms. The molecule has 5 rings (SSSR count). The molecule has 5 fully saturated rings. The minimum absolute atomic E-state index is 0.157. The molecule has 0 aromatic heterocycles. The first-order valence-corrected chi connectivity index (χ1v) is 9.46. The van der Waals surface area contributed by atoms with Gasteiger partial charge in [0.05, 0.1) is 12.2 Å². The van der Waals surface area contributed by atoms with Crippen molar-refractivity contribution in [2.75, 3.05) is 13.2 Å². The molecule has 114 valence electrons. The van der Waals surface area contributed by atoms with E-state index in [9.17, 15) is 0 Å². The van der Waals surface area contributed by atoms with Gasteiger partial charge in [0.15, 0.2) is 0 Å². The van der Waals surface area contributed by atoms with E-state index >= 15 is 0 Å². The summed E-state index contributed by atoms with van der Waals surface area (Å²) in [6.07, 6.45) is 8.34. The van der Waals surface area contributed by atoms with Crippen LogP contribution >= 0.6 is 8.53 Å². The first-order chi connectivity index (χ1) is 9.44.